The van der Waals surface area contributed by atoms with Gasteiger partial charge in [0.05, 0.1) is 0 Å². The molecule has 49 heavy (non-hydrogen) atoms. The van der Waals surface area contributed by atoms with E-state index < -0.39 is 0 Å². The van der Waals surface area contributed by atoms with E-state index in [1.807, 2.05) is 0 Å². The average Bonchev–Trinajstić information content (AvgIpc) is 3.98. The van der Waals surface area contributed by atoms with Crippen LogP contribution < -0.4 is 20.6 Å². The molecule has 0 aliphatic carbocycles. The van der Waals surface area contributed by atoms with Crippen LogP contribution in [0.3, 0.4) is 0 Å². The Labute approximate surface area is 299 Å². The molecule has 0 saturated heterocycles. The molecular weight excluding hydrogens is 648 g/mol. The molecule has 245 valence electrons. The van der Waals surface area contributed by atoms with Crippen LogP contribution in [0, 0.1) is 0 Å². The van der Waals surface area contributed by atoms with Gasteiger partial charge in [0.2, 0.25) is 0 Å². The van der Waals surface area contributed by atoms with Crippen LogP contribution in [-0.2, 0) is 17.1 Å². The van der Waals surface area contributed by atoms with Gasteiger partial charge in [0.25, 0.3) is 0 Å². The summed E-state index contributed by atoms with van der Waals surface area (Å²) in [6.07, 6.45) is 9.45. The van der Waals surface area contributed by atoms with Crippen molar-refractivity contribution >= 4 is 0 Å². The van der Waals surface area contributed by atoms with Crippen LogP contribution >= 0.6 is 0 Å². The van der Waals surface area contributed by atoms with E-state index in [1.54, 1.807) is 0 Å². The topological polar surface area (TPSA) is 52.3 Å². The summed E-state index contributed by atoms with van der Waals surface area (Å²) in [4.78, 5) is 11.0. The molecule has 3 aliphatic rings. The number of fused-ring (bicyclic) bond motifs is 8. The van der Waals surface area contributed by atoms with Crippen LogP contribution in [-0.4, -0.2) is 24.2 Å². The minimum absolute atomic E-state index is 0. The smallest absolute Gasteiger partial charge is 0.664 e. The number of nitrogens with one attached hydrogen (secondary N) is 2. The number of rotatable bonds is 4. The van der Waals surface area contributed by atoms with Gasteiger partial charge in [-0.3, -0.25) is 0 Å². The molecule has 1 radical (unpaired) electrons. The van der Waals surface area contributed by atoms with Crippen LogP contribution in [0.5, 0.6) is 0 Å². The summed E-state index contributed by atoms with van der Waals surface area (Å²) in [7, 11) is 0. The van der Waals surface area contributed by atoms with Crippen molar-refractivity contribution in [3.8, 4) is 0 Å². The Morgan fingerprint density at radius 3 is 0.755 bits per heavy atom. The Bertz CT molecular complexity index is 1740. The molecule has 2 N–H and O–H groups in total. The average molecular weight is 686 g/mol. The van der Waals surface area contributed by atoms with Crippen molar-refractivity contribution in [2.75, 3.05) is 0 Å². The predicted octanol–water partition coefficient (Wildman–Crippen LogP) is 7.63. The van der Waals surface area contributed by atoms with E-state index in [9.17, 15) is 0 Å². The first-order valence-electron chi connectivity index (χ1n) is 17.2. The van der Waals surface area contributed by atoms with E-state index in [4.69, 9.17) is 9.97 Å². The van der Waals surface area contributed by atoms with Gasteiger partial charge in [-0.25, -0.2) is 0 Å². The van der Waals surface area contributed by atoms with E-state index in [1.165, 1.54) is 22.3 Å². The summed E-state index contributed by atoms with van der Waals surface area (Å²) in [6, 6.07) is 52.7. The van der Waals surface area contributed by atoms with Crippen LogP contribution in [0.1, 0.15) is 68.7 Å². The molecule has 0 amide bonds. The molecule has 2 aromatic heterocycles. The second-order valence-corrected chi connectivity index (χ2v) is 13.3. The SMILES string of the molecule is C1=CC2NC1C(c1ccccc1)c1ccc([n-]1)C(c1ccccc1)C1C=CC(N1)C(c1ccccc1)c1ccc([n-]1)C2c1ccccc1.[Cu+2]. The third kappa shape index (κ3) is 5.98. The Balaban J connectivity index is 0.00000348. The number of nitrogens with zero attached hydrogens (tertiary/aromatic N) is 2. The minimum atomic E-state index is 0. The Morgan fingerprint density at radius 1 is 0.306 bits per heavy atom. The second-order valence-electron chi connectivity index (χ2n) is 13.3. The first-order valence-corrected chi connectivity index (χ1v) is 17.2. The summed E-state index contributed by atoms with van der Waals surface area (Å²) in [5, 5.41) is 8.13. The summed E-state index contributed by atoms with van der Waals surface area (Å²) >= 11 is 0. The Morgan fingerprint density at radius 2 is 0.531 bits per heavy atom. The molecule has 5 heteroatoms. The summed E-state index contributed by atoms with van der Waals surface area (Å²) in [6.45, 7) is 0. The quantitative estimate of drug-likeness (QED) is 0.148. The van der Waals surface area contributed by atoms with Crippen molar-refractivity contribution in [2.24, 2.45) is 0 Å². The van der Waals surface area contributed by atoms with Gasteiger partial charge in [-0.2, -0.15) is 22.8 Å². The zero-order valence-electron chi connectivity index (χ0n) is 27.0. The van der Waals surface area contributed by atoms with Gasteiger partial charge >= 0.3 is 17.1 Å². The monoisotopic (exact) mass is 685 g/mol. The third-order valence-corrected chi connectivity index (χ3v) is 10.5. The zero-order chi connectivity index (χ0) is 31.9. The van der Waals surface area contributed by atoms with Gasteiger partial charge in [-0.05, 0) is 22.3 Å². The zero-order valence-corrected chi connectivity index (χ0v) is 27.9. The predicted molar refractivity (Wildman–Crippen MR) is 192 cm³/mol. The van der Waals surface area contributed by atoms with E-state index in [0.29, 0.717) is 0 Å². The van der Waals surface area contributed by atoms with Crippen molar-refractivity contribution in [3.63, 3.8) is 0 Å². The van der Waals surface area contributed by atoms with Gasteiger partial charge in [0.1, 0.15) is 0 Å². The molecular formula is C44H38CuN4. The van der Waals surface area contributed by atoms with Crippen molar-refractivity contribution < 1.29 is 17.1 Å². The molecule has 3 aliphatic heterocycles. The van der Waals surface area contributed by atoms with Crippen molar-refractivity contribution in [2.45, 2.75) is 47.8 Å². The molecule has 0 saturated carbocycles. The van der Waals surface area contributed by atoms with Gasteiger partial charge in [-0.15, -0.1) is 0 Å². The van der Waals surface area contributed by atoms with E-state index in [2.05, 4.69) is 181 Å². The van der Waals surface area contributed by atoms with Crippen LogP contribution in [0.15, 0.2) is 170 Å². The second kappa shape index (κ2) is 13.7. The molecule has 5 heterocycles. The number of aromatic nitrogens is 2. The molecule has 8 unspecified atom stereocenters. The van der Waals surface area contributed by atoms with Gasteiger partial charge < -0.3 is 20.6 Å². The summed E-state index contributed by atoms with van der Waals surface area (Å²) in [5.41, 5.74) is 9.42. The van der Waals surface area contributed by atoms with Crippen LogP contribution in [0.25, 0.3) is 0 Å². The first-order chi connectivity index (χ1) is 23.8. The number of hydrogen-bond donors (Lipinski definition) is 2. The largest absolute Gasteiger partial charge is 2.00 e. The van der Waals surface area contributed by atoms with Crippen molar-refractivity contribution in [3.05, 3.63) is 215 Å². The molecule has 9 rings (SSSR count). The number of hydrogen-bond acceptors (Lipinski definition) is 2. The van der Waals surface area contributed by atoms with Gasteiger partial charge in [0, 0.05) is 47.8 Å². The Hall–Kier alpha value is -4.64. The maximum atomic E-state index is 5.50. The normalized spacial score (nSPS) is 27.1. The molecule has 8 bridgehead atoms. The fourth-order valence-corrected chi connectivity index (χ4v) is 8.35. The van der Waals surface area contributed by atoms with Crippen molar-refractivity contribution in [1.29, 1.82) is 0 Å². The summed E-state index contributed by atoms with van der Waals surface area (Å²) < 4.78 is 0. The van der Waals surface area contributed by atoms with E-state index in [0.717, 1.165) is 22.8 Å². The van der Waals surface area contributed by atoms with E-state index >= 15 is 0 Å². The molecule has 0 spiro atoms. The molecule has 0 fully saturated rings. The van der Waals surface area contributed by atoms with Gasteiger partial charge in [-0.1, -0.05) is 170 Å². The standard InChI is InChI=1S/C44H38N4.Cu/c1-5-13-29(14-6-1)41-33-21-23-35(45-33)42(30-15-7-2-8-16-30)37-25-27-39(47-37)44(32-19-11-4-12-20-32)40-28-26-38(48-40)43(31-17-9-3-10-18-31)36-24-22-34(41)46-36;/h1-28,33,35,38,40-45,48H;/q-2;+2. The fraction of sp³-hybridized carbons (Fsp3) is 0.182. The fourth-order valence-electron chi connectivity index (χ4n) is 8.35. The first kappa shape index (κ1) is 31.6. The summed E-state index contributed by atoms with van der Waals surface area (Å²) in [5.74, 6) is 0.250. The van der Waals surface area contributed by atoms with Crippen molar-refractivity contribution in [1.82, 2.24) is 20.6 Å². The minimum Gasteiger partial charge on any atom is -0.664 e. The third-order valence-electron chi connectivity index (χ3n) is 10.5. The van der Waals surface area contributed by atoms with Crippen LogP contribution in [0.4, 0.5) is 0 Å². The molecule has 4 aromatic carbocycles. The molecule has 4 nitrogen and oxygen atoms in total. The maximum absolute atomic E-state index is 5.50. The van der Waals surface area contributed by atoms with Crippen LogP contribution in [0.2, 0.25) is 0 Å². The Kier molecular flexibility index (Phi) is 8.84. The maximum Gasteiger partial charge on any atom is 2.00 e. The molecule has 8 atom stereocenters. The van der Waals surface area contributed by atoms with E-state index in [-0.39, 0.29) is 64.9 Å². The van der Waals surface area contributed by atoms with Gasteiger partial charge in [0.15, 0.2) is 0 Å². The molecule has 6 aromatic rings. The number of benzene rings is 4.